The van der Waals surface area contributed by atoms with Crippen molar-refractivity contribution in [2.45, 2.75) is 0 Å². The van der Waals surface area contributed by atoms with Crippen molar-refractivity contribution >= 4 is 5.78 Å². The minimum absolute atomic E-state index is 0.0425. The fourth-order valence-corrected chi connectivity index (χ4v) is 1.62. The molecule has 0 spiro atoms. The van der Waals surface area contributed by atoms with Crippen molar-refractivity contribution in [2.24, 2.45) is 0 Å². The van der Waals surface area contributed by atoms with E-state index < -0.39 is 11.6 Å². The van der Waals surface area contributed by atoms with Gasteiger partial charge in [-0.15, -0.1) is 0 Å². The van der Waals surface area contributed by atoms with Crippen LogP contribution < -0.4 is 4.74 Å². The summed E-state index contributed by atoms with van der Waals surface area (Å²) in [7, 11) is 1.45. The maximum absolute atomic E-state index is 13.5. The fourth-order valence-electron chi connectivity index (χ4n) is 1.62. The third kappa shape index (κ3) is 2.18. The summed E-state index contributed by atoms with van der Waals surface area (Å²) in [6.45, 7) is 0. The van der Waals surface area contributed by atoms with E-state index in [0.29, 0.717) is 5.75 Å². The smallest absolute Gasteiger partial charge is 0.199 e. The molecule has 0 aliphatic rings. The van der Waals surface area contributed by atoms with E-state index in [-0.39, 0.29) is 16.9 Å². The summed E-state index contributed by atoms with van der Waals surface area (Å²) >= 11 is 0. The summed E-state index contributed by atoms with van der Waals surface area (Å²) in [5, 5.41) is 9.72. The van der Waals surface area contributed by atoms with Gasteiger partial charge in [-0.3, -0.25) is 4.79 Å². The highest BCUT2D eigenvalue weighted by Crippen LogP contribution is 2.26. The molecule has 18 heavy (non-hydrogen) atoms. The van der Waals surface area contributed by atoms with Gasteiger partial charge in [0.25, 0.3) is 0 Å². The van der Waals surface area contributed by atoms with Crippen LogP contribution in [0.3, 0.4) is 0 Å². The number of hydrogen-bond donors (Lipinski definition) is 1. The molecule has 2 aromatic rings. The van der Waals surface area contributed by atoms with Crippen LogP contribution in [0.15, 0.2) is 42.5 Å². The summed E-state index contributed by atoms with van der Waals surface area (Å²) in [5.41, 5.74) is -0.0288. The molecule has 0 saturated heterocycles. The lowest BCUT2D eigenvalue weighted by Gasteiger charge is -2.06. The minimum Gasteiger partial charge on any atom is -0.507 e. The number of hydrogen-bond acceptors (Lipinski definition) is 3. The zero-order valence-corrected chi connectivity index (χ0v) is 9.68. The van der Waals surface area contributed by atoms with E-state index in [1.165, 1.54) is 43.5 Å². The first-order valence-corrected chi connectivity index (χ1v) is 5.29. The number of benzene rings is 2. The predicted molar refractivity (Wildman–Crippen MR) is 64.5 cm³/mol. The third-order valence-electron chi connectivity index (χ3n) is 2.57. The molecular weight excluding hydrogens is 235 g/mol. The normalized spacial score (nSPS) is 10.1. The van der Waals surface area contributed by atoms with Gasteiger partial charge in [0.05, 0.1) is 18.2 Å². The molecule has 0 atom stereocenters. The highest BCUT2D eigenvalue weighted by molar-refractivity contribution is 6.10. The second kappa shape index (κ2) is 4.87. The monoisotopic (exact) mass is 246 g/mol. The van der Waals surface area contributed by atoms with Gasteiger partial charge in [0.1, 0.15) is 17.3 Å². The van der Waals surface area contributed by atoms with E-state index in [9.17, 15) is 14.3 Å². The van der Waals surface area contributed by atoms with Crippen molar-refractivity contribution in [3.05, 3.63) is 59.4 Å². The first-order chi connectivity index (χ1) is 8.63. The fraction of sp³-hybridized carbons (Fsp3) is 0.0714. The zero-order chi connectivity index (χ0) is 13.1. The molecule has 0 aromatic heterocycles. The molecule has 0 saturated carbocycles. The largest absolute Gasteiger partial charge is 0.507 e. The SMILES string of the molecule is COc1ccc(C(=O)c2ccccc2F)c(O)c1. The second-order valence-corrected chi connectivity index (χ2v) is 3.69. The summed E-state index contributed by atoms with van der Waals surface area (Å²) in [5.74, 6) is -0.980. The third-order valence-corrected chi connectivity index (χ3v) is 2.57. The molecule has 0 fully saturated rings. The molecular formula is C14H11FO3. The van der Waals surface area contributed by atoms with Gasteiger partial charge in [0, 0.05) is 6.07 Å². The van der Waals surface area contributed by atoms with Crippen LogP contribution in [0.1, 0.15) is 15.9 Å². The Bertz CT molecular complexity index is 593. The molecule has 1 N–H and O–H groups in total. The summed E-state index contributed by atoms with van der Waals surface area (Å²) < 4.78 is 18.4. The van der Waals surface area contributed by atoms with Gasteiger partial charge in [-0.05, 0) is 24.3 Å². The van der Waals surface area contributed by atoms with Crippen LogP contribution in [0.4, 0.5) is 4.39 Å². The minimum atomic E-state index is -0.613. The highest BCUT2D eigenvalue weighted by Gasteiger charge is 2.17. The summed E-state index contributed by atoms with van der Waals surface area (Å²) in [4.78, 5) is 12.0. The summed E-state index contributed by atoms with van der Waals surface area (Å²) in [6, 6.07) is 9.90. The van der Waals surface area contributed by atoms with Crippen LogP contribution in [-0.2, 0) is 0 Å². The van der Waals surface area contributed by atoms with Crippen molar-refractivity contribution < 1.29 is 19.0 Å². The average Bonchev–Trinajstić information content (AvgIpc) is 2.38. The molecule has 4 heteroatoms. The van der Waals surface area contributed by atoms with E-state index in [2.05, 4.69) is 0 Å². The number of carbonyl (C=O) groups excluding carboxylic acids is 1. The maximum atomic E-state index is 13.5. The molecule has 0 amide bonds. The van der Waals surface area contributed by atoms with Crippen LogP contribution in [-0.4, -0.2) is 18.0 Å². The molecule has 0 aliphatic carbocycles. The van der Waals surface area contributed by atoms with Gasteiger partial charge >= 0.3 is 0 Å². The Labute approximate surface area is 103 Å². The Balaban J connectivity index is 2.44. The molecule has 2 aromatic carbocycles. The molecule has 92 valence electrons. The Morgan fingerprint density at radius 1 is 1.17 bits per heavy atom. The number of phenolic OH excluding ortho intramolecular Hbond substituents is 1. The first-order valence-electron chi connectivity index (χ1n) is 5.29. The molecule has 0 aliphatic heterocycles. The number of halogens is 1. The molecule has 0 unspecified atom stereocenters. The standard InChI is InChI=1S/C14H11FO3/c1-18-9-6-7-11(13(16)8-9)14(17)10-4-2-3-5-12(10)15/h2-8,16H,1H3. The number of phenols is 1. The van der Waals surface area contributed by atoms with Crippen molar-refractivity contribution in [3.63, 3.8) is 0 Å². The van der Waals surface area contributed by atoms with Gasteiger partial charge in [0.15, 0.2) is 5.78 Å². The van der Waals surface area contributed by atoms with Gasteiger partial charge < -0.3 is 9.84 Å². The van der Waals surface area contributed by atoms with Gasteiger partial charge in [-0.1, -0.05) is 12.1 Å². The van der Waals surface area contributed by atoms with E-state index in [4.69, 9.17) is 4.74 Å². The number of carbonyl (C=O) groups is 1. The quantitative estimate of drug-likeness (QED) is 0.847. The van der Waals surface area contributed by atoms with Gasteiger partial charge in [-0.2, -0.15) is 0 Å². The van der Waals surface area contributed by atoms with Crippen LogP contribution in [0.5, 0.6) is 11.5 Å². The van der Waals surface area contributed by atoms with Crippen LogP contribution in [0, 0.1) is 5.82 Å². The number of rotatable bonds is 3. The summed E-state index contributed by atoms with van der Waals surface area (Å²) in [6.07, 6.45) is 0. The van der Waals surface area contributed by atoms with Gasteiger partial charge in [-0.25, -0.2) is 4.39 Å². The van der Waals surface area contributed by atoms with Gasteiger partial charge in [0.2, 0.25) is 0 Å². The number of aromatic hydroxyl groups is 1. The maximum Gasteiger partial charge on any atom is 0.199 e. The van der Waals surface area contributed by atoms with E-state index in [1.807, 2.05) is 0 Å². The zero-order valence-electron chi connectivity index (χ0n) is 9.68. The first kappa shape index (κ1) is 12.1. The average molecular weight is 246 g/mol. The topological polar surface area (TPSA) is 46.5 Å². The predicted octanol–water partition coefficient (Wildman–Crippen LogP) is 2.77. The van der Waals surface area contributed by atoms with Crippen molar-refractivity contribution in [1.29, 1.82) is 0 Å². The Hall–Kier alpha value is -2.36. The van der Waals surface area contributed by atoms with E-state index in [1.54, 1.807) is 6.07 Å². The molecule has 0 radical (unpaired) electrons. The van der Waals surface area contributed by atoms with Crippen LogP contribution in [0.2, 0.25) is 0 Å². The molecule has 0 bridgehead atoms. The number of ketones is 1. The molecule has 0 heterocycles. The lowest BCUT2D eigenvalue weighted by Crippen LogP contribution is -2.04. The Kier molecular flexibility index (Phi) is 3.28. The lowest BCUT2D eigenvalue weighted by molar-refractivity contribution is 0.103. The van der Waals surface area contributed by atoms with Crippen molar-refractivity contribution in [1.82, 2.24) is 0 Å². The van der Waals surface area contributed by atoms with Crippen molar-refractivity contribution in [3.8, 4) is 11.5 Å². The van der Waals surface area contributed by atoms with Crippen LogP contribution >= 0.6 is 0 Å². The van der Waals surface area contributed by atoms with Crippen molar-refractivity contribution in [2.75, 3.05) is 7.11 Å². The lowest BCUT2D eigenvalue weighted by atomic mass is 10.0. The molecule has 2 rings (SSSR count). The van der Waals surface area contributed by atoms with E-state index >= 15 is 0 Å². The second-order valence-electron chi connectivity index (χ2n) is 3.69. The molecule has 3 nitrogen and oxygen atoms in total. The Morgan fingerprint density at radius 2 is 1.89 bits per heavy atom. The van der Waals surface area contributed by atoms with E-state index in [0.717, 1.165) is 0 Å². The van der Waals surface area contributed by atoms with Crippen LogP contribution in [0.25, 0.3) is 0 Å². The number of ether oxygens (including phenoxy) is 1. The number of methoxy groups -OCH3 is 1. The Morgan fingerprint density at radius 3 is 2.50 bits per heavy atom. The highest BCUT2D eigenvalue weighted by atomic mass is 19.1.